The Hall–Kier alpha value is -2.52. The molecule has 3 aromatic heterocycles. The second kappa shape index (κ2) is 5.84. The van der Waals surface area contributed by atoms with Crippen molar-refractivity contribution in [3.8, 4) is 10.7 Å². The molecule has 1 aliphatic carbocycles. The van der Waals surface area contributed by atoms with Gasteiger partial charge in [0.25, 0.3) is 0 Å². The summed E-state index contributed by atoms with van der Waals surface area (Å²) in [6, 6.07) is 4.99. The van der Waals surface area contributed by atoms with Gasteiger partial charge in [-0.2, -0.15) is 5.10 Å². The van der Waals surface area contributed by atoms with Gasteiger partial charge in [0.2, 0.25) is 0 Å². The summed E-state index contributed by atoms with van der Waals surface area (Å²) in [5, 5.41) is 21.4. The molecule has 0 saturated heterocycles. The van der Waals surface area contributed by atoms with Crippen molar-refractivity contribution < 1.29 is 7.78 Å². The van der Waals surface area contributed by atoms with Crippen molar-refractivity contribution in [3.63, 3.8) is 0 Å². The Labute approximate surface area is 148 Å². The number of hydrogen-bond acceptors (Lipinski definition) is 7. The minimum Gasteiger partial charge on any atom is -0.322 e. The van der Waals surface area contributed by atoms with Crippen molar-refractivity contribution in [3.05, 3.63) is 45.2 Å². The largest absolute Gasteiger partial charge is 0.324 e. The number of aromatic amines is 1. The Morgan fingerprint density at radius 3 is 3.00 bits per heavy atom. The number of H-pyrrole nitrogens is 1. The minimum absolute atomic E-state index is 0. The quantitative estimate of drug-likeness (QED) is 0.504. The first-order valence-corrected chi connectivity index (χ1v) is 8.39. The molecular weight excluding hydrogens is 352 g/mol. The van der Waals surface area contributed by atoms with E-state index in [1.54, 1.807) is 6.07 Å². The maximum absolute atomic E-state index is 10.8. The number of nitrogens with one attached hydrogen (secondary N) is 2. The van der Waals surface area contributed by atoms with E-state index in [2.05, 4.69) is 25.5 Å². The van der Waals surface area contributed by atoms with Crippen LogP contribution in [0.1, 0.15) is 27.3 Å². The van der Waals surface area contributed by atoms with Gasteiger partial charge in [0.1, 0.15) is 5.02 Å². The van der Waals surface area contributed by atoms with Gasteiger partial charge in [0, 0.05) is 26.6 Å². The lowest BCUT2D eigenvalue weighted by molar-refractivity contribution is -0.380. The molecule has 0 spiro atoms. The molecule has 0 radical (unpaired) electrons. The van der Waals surface area contributed by atoms with Crippen LogP contribution in [0.25, 0.3) is 10.7 Å². The molecule has 3 heterocycles. The number of nitrogens with zero attached hydrogens (tertiary/aromatic N) is 4. The summed E-state index contributed by atoms with van der Waals surface area (Å²) in [5.74, 6) is 1.97. The monoisotopic (exact) mass is 366 g/mol. The Kier molecular flexibility index (Phi) is 3.66. The van der Waals surface area contributed by atoms with E-state index in [4.69, 9.17) is 11.6 Å². The molecule has 1 fully saturated rings. The van der Waals surface area contributed by atoms with E-state index in [-0.39, 0.29) is 7.85 Å². The zero-order chi connectivity index (χ0) is 16.7. The topological polar surface area (TPSA) is 110 Å². The molecule has 0 atom stereocenters. The summed E-state index contributed by atoms with van der Waals surface area (Å²) in [6.07, 6.45) is 3.82. The van der Waals surface area contributed by atoms with Gasteiger partial charge in [0.15, 0.2) is 17.5 Å². The average Bonchev–Trinajstić information content (AvgIpc) is 3.10. The molecule has 4 rings (SSSR count). The molecule has 3 aromatic rings. The highest BCUT2D eigenvalue weighted by molar-refractivity contribution is 7.18. The molecule has 2 N–H and O–H groups in total. The predicted octanol–water partition coefficient (Wildman–Crippen LogP) is 4.60. The molecule has 8 nitrogen and oxygen atoms in total. The number of aromatic nitrogens is 4. The van der Waals surface area contributed by atoms with E-state index in [1.807, 2.05) is 6.07 Å². The van der Waals surface area contributed by atoms with E-state index in [0.29, 0.717) is 33.3 Å². The van der Waals surface area contributed by atoms with Crippen LogP contribution in [-0.4, -0.2) is 25.1 Å². The zero-order valence-corrected chi connectivity index (χ0v) is 13.8. The highest BCUT2D eigenvalue weighted by atomic mass is 35.5. The molecule has 1 aliphatic rings. The van der Waals surface area contributed by atoms with Gasteiger partial charge < -0.3 is 5.32 Å². The van der Waals surface area contributed by atoms with Crippen LogP contribution in [0.2, 0.25) is 5.02 Å². The third-order valence-corrected chi connectivity index (χ3v) is 4.91. The molecule has 0 amide bonds. The van der Waals surface area contributed by atoms with Crippen LogP contribution in [0, 0.1) is 10.1 Å². The first-order chi connectivity index (χ1) is 11.6. The lowest BCUT2D eigenvalue weighted by atomic mass is 10.3. The Balaban J connectivity index is 0.00000121. The lowest BCUT2D eigenvalue weighted by Gasteiger charge is -2.05. The van der Waals surface area contributed by atoms with E-state index in [9.17, 15) is 10.1 Å². The predicted molar refractivity (Wildman–Crippen MR) is 95.1 cm³/mol. The normalized spacial score (nSPS) is 13.9. The molecule has 0 aromatic carbocycles. The number of rotatable bonds is 5. The van der Waals surface area contributed by atoms with E-state index in [0.717, 1.165) is 17.0 Å². The molecule has 10 heteroatoms. The molecule has 0 aliphatic heterocycles. The van der Waals surface area contributed by atoms with Crippen LogP contribution in [0.4, 0.5) is 16.6 Å². The first-order valence-electron chi connectivity index (χ1n) is 7.19. The van der Waals surface area contributed by atoms with Crippen LogP contribution in [-0.2, 0) is 0 Å². The molecule has 126 valence electrons. The van der Waals surface area contributed by atoms with Crippen LogP contribution < -0.4 is 5.32 Å². The Morgan fingerprint density at radius 1 is 1.46 bits per heavy atom. The van der Waals surface area contributed by atoms with Crippen molar-refractivity contribution in [2.45, 2.75) is 18.8 Å². The number of halogens is 1. The van der Waals surface area contributed by atoms with Crippen molar-refractivity contribution >= 4 is 39.6 Å². The first kappa shape index (κ1) is 15.0. The summed E-state index contributed by atoms with van der Waals surface area (Å²) in [7, 11) is 0. The second-order valence-corrected chi connectivity index (χ2v) is 6.86. The van der Waals surface area contributed by atoms with E-state index in [1.165, 1.54) is 25.1 Å². The Morgan fingerprint density at radius 2 is 2.29 bits per heavy atom. The number of anilines is 2. The van der Waals surface area contributed by atoms with Crippen LogP contribution in [0.3, 0.4) is 0 Å². The average molecular weight is 367 g/mol. The smallest absolute Gasteiger partial charge is 0.322 e. The van der Waals surface area contributed by atoms with Gasteiger partial charge in [-0.1, -0.05) is 22.9 Å². The van der Waals surface area contributed by atoms with Crippen molar-refractivity contribution in [2.24, 2.45) is 0 Å². The van der Waals surface area contributed by atoms with Gasteiger partial charge in [-0.05, 0) is 18.9 Å². The summed E-state index contributed by atoms with van der Waals surface area (Å²) < 4.78 is 0. The van der Waals surface area contributed by atoms with Crippen LogP contribution in [0.5, 0.6) is 0 Å². The van der Waals surface area contributed by atoms with Crippen LogP contribution in [0.15, 0.2) is 24.4 Å². The fourth-order valence-electron chi connectivity index (χ4n) is 2.24. The lowest BCUT2D eigenvalue weighted by Crippen LogP contribution is -1.98. The summed E-state index contributed by atoms with van der Waals surface area (Å²) in [4.78, 5) is 19.5. The van der Waals surface area contributed by atoms with Crippen molar-refractivity contribution in [1.82, 2.24) is 20.2 Å². The number of hydrogen-bond donors (Lipinski definition) is 2. The SMILES string of the molecule is O=[N+]([O-])c1ccc(-c2ncc(Cl)c(Nc3cc(C4CC4)[nH]n3)n2)s1.[HH].[HH]. The summed E-state index contributed by atoms with van der Waals surface area (Å²) in [6.45, 7) is 0. The fourth-order valence-corrected chi connectivity index (χ4v) is 3.14. The van der Waals surface area contributed by atoms with Crippen molar-refractivity contribution in [2.75, 3.05) is 5.32 Å². The molecule has 1 saturated carbocycles. The minimum atomic E-state index is -0.438. The molecule has 24 heavy (non-hydrogen) atoms. The molecule has 0 bridgehead atoms. The third-order valence-electron chi connectivity index (χ3n) is 3.60. The third kappa shape index (κ3) is 2.95. The van der Waals surface area contributed by atoms with Gasteiger partial charge in [-0.25, -0.2) is 9.97 Å². The summed E-state index contributed by atoms with van der Waals surface area (Å²) in [5.41, 5.74) is 1.09. The molecular formula is C14H15ClN6O2S. The second-order valence-electron chi connectivity index (χ2n) is 5.39. The number of thiophene rings is 1. The highest BCUT2D eigenvalue weighted by Gasteiger charge is 2.25. The van der Waals surface area contributed by atoms with E-state index >= 15 is 0 Å². The van der Waals surface area contributed by atoms with Gasteiger partial charge in [-0.15, -0.1) is 0 Å². The highest BCUT2D eigenvalue weighted by Crippen LogP contribution is 2.40. The van der Waals surface area contributed by atoms with Gasteiger partial charge >= 0.3 is 5.00 Å². The summed E-state index contributed by atoms with van der Waals surface area (Å²) >= 11 is 7.16. The fraction of sp³-hybridized carbons (Fsp3) is 0.214. The van der Waals surface area contributed by atoms with Crippen molar-refractivity contribution in [1.29, 1.82) is 0 Å². The standard InChI is InChI=1S/C14H11ClN6O2S.2H2/c15-8-6-16-14(10-3-4-12(24-10)21(22)23)18-13(8)17-11-5-9(19-20-11)7-1-2-7;;/h3-7H,1-2H2,(H2,16,17,18,19,20);2*1H. The maximum atomic E-state index is 10.8. The molecule has 0 unspecified atom stereocenters. The van der Waals surface area contributed by atoms with Gasteiger partial charge in [0.05, 0.1) is 16.0 Å². The maximum Gasteiger partial charge on any atom is 0.324 e. The van der Waals surface area contributed by atoms with Crippen LogP contribution >= 0.6 is 22.9 Å². The Bertz CT molecular complexity index is 930. The van der Waals surface area contributed by atoms with E-state index < -0.39 is 4.92 Å². The number of nitro groups is 1. The van der Waals surface area contributed by atoms with Gasteiger partial charge in [-0.3, -0.25) is 15.2 Å². The zero-order valence-electron chi connectivity index (χ0n) is 12.2.